The average Bonchev–Trinajstić information content (AvgIpc) is 2.20. The van der Waals surface area contributed by atoms with E-state index in [0.29, 0.717) is 5.75 Å². The maximum atomic E-state index is 12.2. The van der Waals surface area contributed by atoms with Crippen molar-refractivity contribution in [3.63, 3.8) is 0 Å². The zero-order valence-electron chi connectivity index (χ0n) is 10.7. The van der Waals surface area contributed by atoms with Crippen molar-refractivity contribution < 1.29 is 19.5 Å². The van der Waals surface area contributed by atoms with Gasteiger partial charge in [-0.1, -0.05) is 18.7 Å². The number of carboxylic acids is 1. The molecule has 18 heavy (non-hydrogen) atoms. The molecule has 6 heteroatoms. The Morgan fingerprint density at radius 3 is 2.39 bits per heavy atom. The van der Waals surface area contributed by atoms with Crippen LogP contribution in [0, 0.1) is 5.92 Å². The van der Waals surface area contributed by atoms with Crippen LogP contribution in [0.15, 0.2) is 0 Å². The summed E-state index contributed by atoms with van der Waals surface area (Å²) in [4.78, 5) is 35.3. The predicted molar refractivity (Wildman–Crippen MR) is 69.3 cm³/mol. The molecule has 1 aliphatic rings. The smallest absolute Gasteiger partial charge is 0.323 e. The van der Waals surface area contributed by atoms with Crippen LogP contribution >= 0.6 is 11.8 Å². The molecule has 1 saturated carbocycles. The maximum Gasteiger partial charge on any atom is 0.323 e. The molecule has 1 N–H and O–H groups in total. The Bertz CT molecular complexity index is 341. The first kappa shape index (κ1) is 15.0. The molecule has 1 fully saturated rings. The Kier molecular flexibility index (Phi) is 5.65. The van der Waals surface area contributed by atoms with Crippen molar-refractivity contribution >= 4 is 28.8 Å². The van der Waals surface area contributed by atoms with Crippen LogP contribution < -0.4 is 0 Å². The first-order chi connectivity index (χ1) is 8.41. The van der Waals surface area contributed by atoms with Gasteiger partial charge in [0.15, 0.2) is 5.12 Å². The Labute approximate surface area is 111 Å². The zero-order valence-corrected chi connectivity index (χ0v) is 11.5. The second-order valence-electron chi connectivity index (χ2n) is 4.65. The third-order valence-corrected chi connectivity index (χ3v) is 4.14. The Hall–Kier alpha value is -1.04. The van der Waals surface area contributed by atoms with Crippen LogP contribution in [0.25, 0.3) is 0 Å². The van der Waals surface area contributed by atoms with Crippen LogP contribution in [0.2, 0.25) is 0 Å². The van der Waals surface area contributed by atoms with Gasteiger partial charge in [-0.15, -0.1) is 0 Å². The highest BCUT2D eigenvalue weighted by Gasteiger charge is 2.32. The number of carboxylic acid groups (broad SMARTS) is 1. The van der Waals surface area contributed by atoms with Gasteiger partial charge in [0.05, 0.1) is 0 Å². The maximum absolute atomic E-state index is 12.2. The molecule has 0 unspecified atom stereocenters. The Morgan fingerprint density at radius 2 is 2.00 bits per heavy atom. The van der Waals surface area contributed by atoms with Crippen molar-refractivity contribution in [2.24, 2.45) is 5.92 Å². The summed E-state index contributed by atoms with van der Waals surface area (Å²) in [6.07, 6.45) is 2.81. The Balaban J connectivity index is 2.56. The molecule has 0 radical (unpaired) electrons. The fourth-order valence-corrected chi connectivity index (χ4v) is 2.46. The van der Waals surface area contributed by atoms with Crippen LogP contribution in [0.4, 0.5) is 0 Å². The summed E-state index contributed by atoms with van der Waals surface area (Å²) in [5.74, 6) is -1.05. The summed E-state index contributed by atoms with van der Waals surface area (Å²) >= 11 is 1.11. The first-order valence-electron chi connectivity index (χ1n) is 6.07. The van der Waals surface area contributed by atoms with Crippen molar-refractivity contribution in [1.82, 2.24) is 4.90 Å². The molecule has 1 atom stereocenters. The van der Waals surface area contributed by atoms with E-state index >= 15 is 0 Å². The lowest BCUT2D eigenvalue weighted by molar-refractivity contribution is -0.149. The zero-order chi connectivity index (χ0) is 13.7. The van der Waals surface area contributed by atoms with E-state index in [1.807, 2.05) is 0 Å². The minimum absolute atomic E-state index is 0.0249. The van der Waals surface area contributed by atoms with E-state index in [0.717, 1.165) is 31.0 Å². The highest BCUT2D eigenvalue weighted by molar-refractivity contribution is 8.13. The lowest BCUT2D eigenvalue weighted by Gasteiger charge is -2.37. The van der Waals surface area contributed by atoms with Gasteiger partial charge in [-0.2, -0.15) is 0 Å². The second-order valence-corrected chi connectivity index (χ2v) is 5.85. The quantitative estimate of drug-likeness (QED) is 0.791. The highest BCUT2D eigenvalue weighted by Crippen LogP contribution is 2.26. The normalized spacial score (nSPS) is 16.8. The fraction of sp³-hybridized carbons (Fsp3) is 0.750. The number of amides is 1. The molecule has 0 saturated heterocycles. The van der Waals surface area contributed by atoms with Crippen LogP contribution in [-0.2, 0) is 14.4 Å². The van der Waals surface area contributed by atoms with E-state index in [2.05, 4.69) is 0 Å². The molecule has 0 bridgehead atoms. The highest BCUT2D eigenvalue weighted by atomic mass is 32.2. The summed E-state index contributed by atoms with van der Waals surface area (Å²) in [6, 6.07) is 0.0679. The van der Waals surface area contributed by atoms with E-state index in [4.69, 9.17) is 5.11 Å². The van der Waals surface area contributed by atoms with E-state index in [1.165, 1.54) is 11.8 Å². The van der Waals surface area contributed by atoms with Gasteiger partial charge in [0.25, 0.3) is 0 Å². The van der Waals surface area contributed by atoms with Crippen LogP contribution in [0.5, 0.6) is 0 Å². The number of hydrogen-bond donors (Lipinski definition) is 1. The molecule has 0 aromatic heterocycles. The molecule has 1 amide bonds. The van der Waals surface area contributed by atoms with Gasteiger partial charge in [-0.3, -0.25) is 14.4 Å². The predicted octanol–water partition coefficient (Wildman–Crippen LogP) is 1.37. The summed E-state index contributed by atoms with van der Waals surface area (Å²) in [5, 5.41) is 8.82. The van der Waals surface area contributed by atoms with E-state index in [9.17, 15) is 14.4 Å². The molecule has 0 heterocycles. The van der Waals surface area contributed by atoms with Gasteiger partial charge in [0.1, 0.15) is 6.54 Å². The molecule has 102 valence electrons. The number of hydrogen-bond acceptors (Lipinski definition) is 4. The second kappa shape index (κ2) is 6.78. The number of nitrogens with zero attached hydrogens (tertiary/aromatic N) is 1. The molecule has 5 nitrogen and oxygen atoms in total. The SMILES string of the molecule is CC(=O)SC[C@H](C)C(=O)N(CC(=O)O)C1CCC1. The summed E-state index contributed by atoms with van der Waals surface area (Å²) in [6.45, 7) is 2.97. The van der Waals surface area contributed by atoms with Crippen molar-refractivity contribution in [1.29, 1.82) is 0 Å². The standard InChI is InChI=1S/C12H19NO4S/c1-8(7-18-9(2)14)12(17)13(6-11(15)16)10-4-3-5-10/h8,10H,3-7H2,1-2H3,(H,15,16)/t8-/m0/s1. The van der Waals surface area contributed by atoms with E-state index in [-0.39, 0.29) is 29.5 Å². The van der Waals surface area contributed by atoms with E-state index in [1.54, 1.807) is 6.92 Å². The first-order valence-corrected chi connectivity index (χ1v) is 7.06. The van der Waals surface area contributed by atoms with Crippen LogP contribution in [-0.4, -0.2) is 45.3 Å². The van der Waals surface area contributed by atoms with Gasteiger partial charge in [-0.05, 0) is 19.3 Å². The van der Waals surface area contributed by atoms with Gasteiger partial charge >= 0.3 is 5.97 Å². The topological polar surface area (TPSA) is 74.7 Å². The fourth-order valence-electron chi connectivity index (χ4n) is 1.83. The lowest BCUT2D eigenvalue weighted by atomic mass is 9.90. The number of aliphatic carboxylic acids is 1. The van der Waals surface area contributed by atoms with Crippen molar-refractivity contribution in [3.05, 3.63) is 0 Å². The largest absolute Gasteiger partial charge is 0.480 e. The third-order valence-electron chi connectivity index (χ3n) is 3.06. The minimum atomic E-state index is -0.985. The number of rotatable bonds is 6. The molecule has 1 aliphatic carbocycles. The average molecular weight is 273 g/mol. The van der Waals surface area contributed by atoms with Crippen molar-refractivity contribution in [2.45, 2.75) is 39.2 Å². The van der Waals surface area contributed by atoms with Gasteiger partial charge < -0.3 is 10.0 Å². The number of thioether (sulfide) groups is 1. The summed E-state index contributed by atoms with van der Waals surface area (Å²) in [5.41, 5.74) is 0. The molecule has 0 aliphatic heterocycles. The van der Waals surface area contributed by atoms with Crippen LogP contribution in [0.1, 0.15) is 33.1 Å². The lowest BCUT2D eigenvalue weighted by Crippen LogP contribution is -2.49. The van der Waals surface area contributed by atoms with Gasteiger partial charge in [0, 0.05) is 24.6 Å². The molecule has 0 aromatic rings. The van der Waals surface area contributed by atoms with Crippen molar-refractivity contribution in [3.8, 4) is 0 Å². The Morgan fingerprint density at radius 1 is 1.39 bits per heavy atom. The van der Waals surface area contributed by atoms with Crippen LogP contribution in [0.3, 0.4) is 0 Å². The molecule has 1 rings (SSSR count). The third kappa shape index (κ3) is 4.33. The van der Waals surface area contributed by atoms with Crippen molar-refractivity contribution in [2.75, 3.05) is 12.3 Å². The number of carbonyl (C=O) groups excluding carboxylic acids is 2. The minimum Gasteiger partial charge on any atom is -0.480 e. The van der Waals surface area contributed by atoms with Gasteiger partial charge in [-0.25, -0.2) is 0 Å². The summed E-state index contributed by atoms with van der Waals surface area (Å²) in [7, 11) is 0. The number of carbonyl (C=O) groups is 3. The molecular weight excluding hydrogens is 254 g/mol. The molecular formula is C12H19NO4S. The monoisotopic (exact) mass is 273 g/mol. The molecule has 0 aromatic carbocycles. The summed E-state index contributed by atoms with van der Waals surface area (Å²) < 4.78 is 0. The van der Waals surface area contributed by atoms with E-state index < -0.39 is 5.97 Å². The van der Waals surface area contributed by atoms with Gasteiger partial charge in [0.2, 0.25) is 5.91 Å². The molecule has 0 spiro atoms.